The van der Waals surface area contributed by atoms with Crippen LogP contribution in [0.5, 0.6) is 0 Å². The van der Waals surface area contributed by atoms with E-state index in [0.717, 1.165) is 18.4 Å². The van der Waals surface area contributed by atoms with E-state index in [9.17, 15) is 14.0 Å². The first-order chi connectivity index (χ1) is 18.2. The Labute approximate surface area is 219 Å². The Morgan fingerprint density at radius 2 is 1.95 bits per heavy atom. The van der Waals surface area contributed by atoms with Crippen LogP contribution in [0.25, 0.3) is 16.8 Å². The minimum Gasteiger partial charge on any atom is -0.382 e. The van der Waals surface area contributed by atoms with E-state index in [4.69, 9.17) is 10.7 Å². The molecule has 38 heavy (non-hydrogen) atoms. The van der Waals surface area contributed by atoms with Crippen LogP contribution in [-0.4, -0.2) is 42.6 Å². The lowest BCUT2D eigenvalue weighted by atomic mass is 10.0. The number of benzene rings is 1. The zero-order chi connectivity index (χ0) is 27.0. The van der Waals surface area contributed by atoms with Crippen LogP contribution in [0.1, 0.15) is 54.5 Å². The number of halogens is 1. The molecule has 0 spiro atoms. The maximum Gasteiger partial charge on any atom is 0.256 e. The van der Waals surface area contributed by atoms with Crippen LogP contribution >= 0.6 is 0 Å². The molecular weight excluding hydrogens is 485 g/mol. The lowest BCUT2D eigenvalue weighted by Crippen LogP contribution is -2.29. The van der Waals surface area contributed by atoms with Crippen LogP contribution in [0.4, 0.5) is 16.0 Å². The Hall–Kier alpha value is -4.60. The van der Waals surface area contributed by atoms with Crippen molar-refractivity contribution in [2.24, 2.45) is 0 Å². The standard InChI is InChI=1S/C28H28FN7O2/c1-4-22(37)35-14-5-6-20(35)26-34-23(24-25(30)32-13-15-36(24)26)17-7-9-18(10-8-17)27(38)33-21-16-19(11-12-31-21)28(2,3)29/h4,7-13,15-16,20H,1,5-6,14H2,2-3H3,(H2,30,32)(H,31,33,38)/t20-/m0/s1. The summed E-state index contributed by atoms with van der Waals surface area (Å²) in [5, 5.41) is 2.72. The average Bonchev–Trinajstić information content (AvgIpc) is 3.54. The summed E-state index contributed by atoms with van der Waals surface area (Å²) < 4.78 is 16.2. The summed E-state index contributed by atoms with van der Waals surface area (Å²) in [6.07, 6.45) is 7.80. The number of nitrogens with zero attached hydrogens (tertiary/aromatic N) is 5. The smallest absolute Gasteiger partial charge is 0.256 e. The number of carbonyl (C=O) groups is 2. The zero-order valence-electron chi connectivity index (χ0n) is 21.2. The van der Waals surface area contributed by atoms with Crippen molar-refractivity contribution in [2.45, 2.75) is 38.4 Å². The molecule has 1 aliphatic rings. The minimum atomic E-state index is -1.55. The number of nitrogens with one attached hydrogen (secondary N) is 1. The van der Waals surface area contributed by atoms with Crippen LogP contribution < -0.4 is 11.1 Å². The molecule has 0 saturated carbocycles. The van der Waals surface area contributed by atoms with Crippen LogP contribution in [0.2, 0.25) is 0 Å². The van der Waals surface area contributed by atoms with Crippen molar-refractivity contribution in [3.8, 4) is 11.3 Å². The molecule has 0 bridgehead atoms. The summed E-state index contributed by atoms with van der Waals surface area (Å²) in [5.41, 5.74) is 7.51. The molecule has 1 fully saturated rings. The van der Waals surface area contributed by atoms with Crippen molar-refractivity contribution in [1.82, 2.24) is 24.3 Å². The lowest BCUT2D eigenvalue weighted by Gasteiger charge is -2.22. The third kappa shape index (κ3) is 4.60. The summed E-state index contributed by atoms with van der Waals surface area (Å²) in [5.74, 6) is 0.753. The molecule has 0 radical (unpaired) electrons. The van der Waals surface area contributed by atoms with E-state index in [-0.39, 0.29) is 23.7 Å². The van der Waals surface area contributed by atoms with Gasteiger partial charge in [-0.15, -0.1) is 0 Å². The summed E-state index contributed by atoms with van der Waals surface area (Å²) >= 11 is 0. The van der Waals surface area contributed by atoms with E-state index in [0.29, 0.717) is 40.5 Å². The quantitative estimate of drug-likeness (QED) is 0.362. The Kier molecular flexibility index (Phi) is 6.40. The van der Waals surface area contributed by atoms with Crippen molar-refractivity contribution >= 4 is 29.0 Å². The molecule has 3 aromatic heterocycles. The molecule has 5 rings (SSSR count). The Balaban J connectivity index is 1.46. The summed E-state index contributed by atoms with van der Waals surface area (Å²) in [6.45, 7) is 7.15. The van der Waals surface area contributed by atoms with Gasteiger partial charge in [0.05, 0.1) is 6.04 Å². The molecule has 1 aliphatic heterocycles. The fourth-order valence-corrected chi connectivity index (χ4v) is 4.78. The number of hydrogen-bond donors (Lipinski definition) is 2. The van der Waals surface area contributed by atoms with Crippen molar-refractivity contribution in [3.05, 3.63) is 84.6 Å². The minimum absolute atomic E-state index is 0.140. The molecular formula is C28H28FN7O2. The van der Waals surface area contributed by atoms with Crippen LogP contribution in [0.15, 0.2) is 67.6 Å². The second-order valence-corrected chi connectivity index (χ2v) is 9.68. The Morgan fingerprint density at radius 1 is 1.18 bits per heavy atom. The first-order valence-corrected chi connectivity index (χ1v) is 12.3. The molecule has 9 nitrogen and oxygen atoms in total. The molecule has 1 atom stereocenters. The molecule has 2 amide bonds. The average molecular weight is 514 g/mol. The first-order valence-electron chi connectivity index (χ1n) is 12.3. The van der Waals surface area contributed by atoms with Crippen molar-refractivity contribution in [2.75, 3.05) is 17.6 Å². The Bertz CT molecular complexity index is 1540. The number of fused-ring (bicyclic) bond motifs is 1. The number of nitrogen functional groups attached to an aromatic ring is 1. The molecule has 1 saturated heterocycles. The summed E-state index contributed by atoms with van der Waals surface area (Å²) in [4.78, 5) is 40.4. The maximum absolute atomic E-state index is 14.3. The van der Waals surface area contributed by atoms with Gasteiger partial charge >= 0.3 is 0 Å². The number of imidazole rings is 1. The number of amides is 2. The number of likely N-dealkylation sites (tertiary alicyclic amines) is 1. The van der Waals surface area contributed by atoms with Gasteiger partial charge in [-0.2, -0.15) is 0 Å². The molecule has 3 N–H and O–H groups in total. The number of alkyl halides is 1. The van der Waals surface area contributed by atoms with Gasteiger partial charge in [-0.05, 0) is 62.6 Å². The highest BCUT2D eigenvalue weighted by Crippen LogP contribution is 2.36. The van der Waals surface area contributed by atoms with Crippen molar-refractivity contribution in [1.29, 1.82) is 0 Å². The van der Waals surface area contributed by atoms with Crippen molar-refractivity contribution < 1.29 is 14.0 Å². The van der Waals surface area contributed by atoms with E-state index in [1.165, 1.54) is 32.2 Å². The number of anilines is 2. The number of hydrogen-bond acceptors (Lipinski definition) is 6. The van der Waals surface area contributed by atoms with Gasteiger partial charge in [0.2, 0.25) is 5.91 Å². The molecule has 0 unspecified atom stereocenters. The SMILES string of the molecule is C=CC(=O)N1CCC[C@H]1c1nc(-c2ccc(C(=O)Nc3cc(C(C)(C)F)ccn3)cc2)c2c(N)nccn12. The van der Waals surface area contributed by atoms with Gasteiger partial charge in [-0.1, -0.05) is 18.7 Å². The van der Waals surface area contributed by atoms with E-state index < -0.39 is 5.67 Å². The molecule has 0 aliphatic carbocycles. The van der Waals surface area contributed by atoms with Gasteiger partial charge in [0.15, 0.2) is 0 Å². The zero-order valence-corrected chi connectivity index (χ0v) is 21.2. The summed E-state index contributed by atoms with van der Waals surface area (Å²) in [7, 11) is 0. The van der Waals surface area contributed by atoms with Crippen LogP contribution in [0, 0.1) is 0 Å². The van der Waals surface area contributed by atoms with E-state index in [1.807, 2.05) is 4.40 Å². The molecule has 1 aromatic carbocycles. The second-order valence-electron chi connectivity index (χ2n) is 9.68. The maximum atomic E-state index is 14.3. The largest absolute Gasteiger partial charge is 0.382 e. The highest BCUT2D eigenvalue weighted by molar-refractivity contribution is 6.04. The monoisotopic (exact) mass is 513 g/mol. The highest BCUT2D eigenvalue weighted by atomic mass is 19.1. The lowest BCUT2D eigenvalue weighted by molar-refractivity contribution is -0.127. The van der Waals surface area contributed by atoms with E-state index in [1.54, 1.807) is 47.6 Å². The molecule has 4 heterocycles. The summed E-state index contributed by atoms with van der Waals surface area (Å²) in [6, 6.07) is 9.79. The normalized spacial score (nSPS) is 15.6. The number of aromatic nitrogens is 4. The van der Waals surface area contributed by atoms with Crippen LogP contribution in [0.3, 0.4) is 0 Å². The first kappa shape index (κ1) is 25.1. The second kappa shape index (κ2) is 9.70. The third-order valence-electron chi connectivity index (χ3n) is 6.73. The predicted molar refractivity (Wildman–Crippen MR) is 143 cm³/mol. The highest BCUT2D eigenvalue weighted by Gasteiger charge is 2.33. The van der Waals surface area contributed by atoms with Crippen LogP contribution in [-0.2, 0) is 10.5 Å². The van der Waals surface area contributed by atoms with Gasteiger partial charge in [-0.25, -0.2) is 19.3 Å². The number of rotatable bonds is 6. The fraction of sp³-hybridized carbons (Fsp3) is 0.250. The topological polar surface area (TPSA) is 119 Å². The van der Waals surface area contributed by atoms with E-state index in [2.05, 4.69) is 21.9 Å². The molecule has 194 valence electrons. The van der Waals surface area contributed by atoms with Gasteiger partial charge in [0.1, 0.15) is 34.3 Å². The van der Waals surface area contributed by atoms with Gasteiger partial charge in [-0.3, -0.25) is 14.0 Å². The molecule has 4 aromatic rings. The third-order valence-corrected chi connectivity index (χ3v) is 6.73. The number of nitrogens with two attached hydrogens (primary N) is 1. The van der Waals surface area contributed by atoms with Crippen molar-refractivity contribution in [3.63, 3.8) is 0 Å². The van der Waals surface area contributed by atoms with Gasteiger partial charge < -0.3 is 16.0 Å². The number of carbonyl (C=O) groups excluding carboxylic acids is 2. The predicted octanol–water partition coefficient (Wildman–Crippen LogP) is 4.68. The number of pyridine rings is 1. The fourth-order valence-electron chi connectivity index (χ4n) is 4.78. The van der Waals surface area contributed by atoms with Gasteiger partial charge in [0, 0.05) is 36.3 Å². The molecule has 10 heteroatoms. The Morgan fingerprint density at radius 3 is 2.66 bits per heavy atom. The van der Waals surface area contributed by atoms with Gasteiger partial charge in [0.25, 0.3) is 5.91 Å². The van der Waals surface area contributed by atoms with E-state index >= 15 is 0 Å².